The average Bonchev–Trinajstić information content (AvgIpc) is 2.67. The molecule has 0 aliphatic rings. The smallest absolute Gasteiger partial charge is 0.347 e. The van der Waals surface area contributed by atoms with Gasteiger partial charge in [-0.25, -0.2) is 9.59 Å². The van der Waals surface area contributed by atoms with Gasteiger partial charge in [-0.05, 0) is 38.0 Å². The predicted octanol–water partition coefficient (Wildman–Crippen LogP) is 3.88. The normalized spacial score (nSPS) is 10.6. The lowest BCUT2D eigenvalue weighted by Gasteiger charge is -2.17. The van der Waals surface area contributed by atoms with E-state index in [1.54, 1.807) is 13.0 Å². The van der Waals surface area contributed by atoms with Crippen LogP contribution in [0.5, 0.6) is 23.0 Å². The van der Waals surface area contributed by atoms with Crippen LogP contribution >= 0.6 is 11.6 Å². The first kappa shape index (κ1) is 22.3. The second-order valence-electron chi connectivity index (χ2n) is 6.18. The highest BCUT2D eigenvalue weighted by molar-refractivity contribution is 6.33. The monoisotopic (exact) mass is 424 g/mol. The minimum Gasteiger partial charge on any atom is -0.507 e. The van der Waals surface area contributed by atoms with E-state index >= 15 is 0 Å². The molecule has 0 spiro atoms. The highest BCUT2D eigenvalue weighted by Crippen LogP contribution is 2.41. The van der Waals surface area contributed by atoms with Gasteiger partial charge in [0.25, 0.3) is 0 Å². The summed E-state index contributed by atoms with van der Waals surface area (Å²) in [4.78, 5) is 24.2. The number of methoxy groups -OCH3 is 2. The maximum Gasteiger partial charge on any atom is 0.347 e. The lowest BCUT2D eigenvalue weighted by atomic mass is 10.0. The minimum atomic E-state index is -1.34. The maximum absolute atomic E-state index is 12.9. The van der Waals surface area contributed by atoms with E-state index in [4.69, 9.17) is 30.5 Å². The second-order valence-corrected chi connectivity index (χ2v) is 6.56. The van der Waals surface area contributed by atoms with E-state index in [0.29, 0.717) is 11.3 Å². The van der Waals surface area contributed by atoms with Crippen LogP contribution < -0.4 is 14.2 Å². The van der Waals surface area contributed by atoms with E-state index in [9.17, 15) is 19.8 Å². The standard InChI is InChI=1S/C20H21ClO8/c1-9-6-12(28-8-26-4)7-13(27-5)14(9)20(25)29-18-11(3)17(22)15(19(23)24)10(2)16(18)21/h6-7,22H,8H2,1-5H3,(H,23,24). The molecule has 0 radical (unpaired) electrons. The van der Waals surface area contributed by atoms with Gasteiger partial charge in [0.15, 0.2) is 12.5 Å². The van der Waals surface area contributed by atoms with Crippen molar-refractivity contribution in [3.63, 3.8) is 0 Å². The van der Waals surface area contributed by atoms with Crippen molar-refractivity contribution in [1.82, 2.24) is 0 Å². The van der Waals surface area contributed by atoms with Crippen LogP contribution in [-0.2, 0) is 4.74 Å². The number of halogens is 1. The highest BCUT2D eigenvalue weighted by atomic mass is 35.5. The fraction of sp³-hybridized carbons (Fsp3) is 0.300. The summed E-state index contributed by atoms with van der Waals surface area (Å²) in [6.45, 7) is 4.51. The van der Waals surface area contributed by atoms with E-state index in [-0.39, 0.29) is 45.6 Å². The van der Waals surface area contributed by atoms with Gasteiger partial charge in [-0.1, -0.05) is 11.6 Å². The van der Waals surface area contributed by atoms with Crippen molar-refractivity contribution >= 4 is 23.5 Å². The van der Waals surface area contributed by atoms with E-state index in [1.165, 1.54) is 34.1 Å². The second kappa shape index (κ2) is 9.02. The zero-order chi connectivity index (χ0) is 21.9. The maximum atomic E-state index is 12.9. The molecule has 0 atom stereocenters. The molecule has 0 fully saturated rings. The third kappa shape index (κ3) is 4.38. The zero-order valence-corrected chi connectivity index (χ0v) is 17.3. The molecular formula is C20H21ClO8. The van der Waals surface area contributed by atoms with Crippen molar-refractivity contribution < 1.29 is 38.7 Å². The first-order chi connectivity index (χ1) is 13.6. The molecule has 0 aromatic heterocycles. The van der Waals surface area contributed by atoms with Crippen molar-refractivity contribution in [2.75, 3.05) is 21.0 Å². The molecule has 9 heteroatoms. The fourth-order valence-corrected chi connectivity index (χ4v) is 3.07. The highest BCUT2D eigenvalue weighted by Gasteiger charge is 2.27. The number of esters is 1. The molecule has 29 heavy (non-hydrogen) atoms. The van der Waals surface area contributed by atoms with Crippen LogP contribution in [0.1, 0.15) is 37.4 Å². The van der Waals surface area contributed by atoms with Gasteiger partial charge in [-0.2, -0.15) is 0 Å². The van der Waals surface area contributed by atoms with Gasteiger partial charge in [0.1, 0.15) is 28.4 Å². The van der Waals surface area contributed by atoms with Gasteiger partial charge in [-0.15, -0.1) is 0 Å². The molecule has 0 unspecified atom stereocenters. The SMILES string of the molecule is COCOc1cc(C)c(C(=O)Oc2c(C)c(O)c(C(=O)O)c(C)c2Cl)c(OC)c1. The van der Waals surface area contributed by atoms with E-state index in [2.05, 4.69) is 0 Å². The van der Waals surface area contributed by atoms with Crippen molar-refractivity contribution in [3.8, 4) is 23.0 Å². The molecule has 156 valence electrons. The van der Waals surface area contributed by atoms with E-state index in [0.717, 1.165) is 0 Å². The molecule has 2 aromatic rings. The molecular weight excluding hydrogens is 404 g/mol. The number of rotatable bonds is 7. The van der Waals surface area contributed by atoms with Gasteiger partial charge in [-0.3, -0.25) is 0 Å². The molecule has 8 nitrogen and oxygen atoms in total. The van der Waals surface area contributed by atoms with Crippen LogP contribution in [0.3, 0.4) is 0 Å². The zero-order valence-electron chi connectivity index (χ0n) is 16.6. The Morgan fingerprint density at radius 1 is 1.07 bits per heavy atom. The fourth-order valence-electron chi connectivity index (χ4n) is 2.80. The molecule has 0 saturated carbocycles. The summed E-state index contributed by atoms with van der Waals surface area (Å²) in [7, 11) is 2.87. The number of carbonyl (C=O) groups excluding carboxylic acids is 1. The number of carbonyl (C=O) groups is 2. The summed E-state index contributed by atoms with van der Waals surface area (Å²) >= 11 is 6.23. The summed E-state index contributed by atoms with van der Waals surface area (Å²) in [5, 5.41) is 19.4. The number of hydrogen-bond acceptors (Lipinski definition) is 7. The molecule has 0 aliphatic heterocycles. The third-order valence-electron chi connectivity index (χ3n) is 4.29. The molecule has 0 bridgehead atoms. The average molecular weight is 425 g/mol. The first-order valence-corrected chi connectivity index (χ1v) is 8.79. The summed E-state index contributed by atoms with van der Waals surface area (Å²) in [5.74, 6) is -2.13. The number of ether oxygens (including phenoxy) is 4. The molecule has 0 aliphatic carbocycles. The Hall–Kier alpha value is -2.97. The summed E-state index contributed by atoms with van der Waals surface area (Å²) in [6, 6.07) is 3.12. The third-order valence-corrected chi connectivity index (χ3v) is 4.74. The summed E-state index contributed by atoms with van der Waals surface area (Å²) in [6.07, 6.45) is 0. The van der Waals surface area contributed by atoms with Crippen LogP contribution in [0.2, 0.25) is 5.02 Å². The molecule has 0 amide bonds. The number of benzene rings is 2. The molecule has 2 aromatic carbocycles. The summed E-state index contributed by atoms with van der Waals surface area (Å²) < 4.78 is 20.9. The van der Waals surface area contributed by atoms with Crippen LogP contribution in [-0.4, -0.2) is 43.2 Å². The number of carboxylic acids is 1. The Bertz CT molecular complexity index is 939. The number of aryl methyl sites for hydroxylation is 1. The molecule has 0 saturated heterocycles. The predicted molar refractivity (Wildman–Crippen MR) is 105 cm³/mol. The van der Waals surface area contributed by atoms with Crippen LogP contribution in [0.15, 0.2) is 12.1 Å². The Morgan fingerprint density at radius 3 is 2.28 bits per heavy atom. The minimum absolute atomic E-state index is 0.0235. The van der Waals surface area contributed by atoms with Crippen LogP contribution in [0.25, 0.3) is 0 Å². The molecule has 2 rings (SSSR count). The van der Waals surface area contributed by atoms with Gasteiger partial charge in [0.2, 0.25) is 0 Å². The van der Waals surface area contributed by atoms with Gasteiger partial charge >= 0.3 is 11.9 Å². The molecule has 0 heterocycles. The molecule has 2 N–H and O–H groups in total. The number of hydrogen-bond donors (Lipinski definition) is 2. The lowest BCUT2D eigenvalue weighted by molar-refractivity contribution is 0.0509. The quantitative estimate of drug-likeness (QED) is 0.391. The van der Waals surface area contributed by atoms with Crippen molar-refractivity contribution in [1.29, 1.82) is 0 Å². The van der Waals surface area contributed by atoms with Gasteiger partial charge in [0.05, 0.1) is 12.1 Å². The Kier molecular flexibility index (Phi) is 6.94. The van der Waals surface area contributed by atoms with E-state index < -0.39 is 17.7 Å². The first-order valence-electron chi connectivity index (χ1n) is 8.41. The van der Waals surface area contributed by atoms with Gasteiger partial charge in [0, 0.05) is 18.7 Å². The van der Waals surface area contributed by atoms with Crippen molar-refractivity contribution in [3.05, 3.63) is 45.0 Å². The van der Waals surface area contributed by atoms with Crippen molar-refractivity contribution in [2.45, 2.75) is 20.8 Å². The Labute approximate surface area is 172 Å². The topological polar surface area (TPSA) is 112 Å². The number of aromatic carboxylic acids is 1. The van der Waals surface area contributed by atoms with E-state index in [1.807, 2.05) is 0 Å². The summed E-state index contributed by atoms with van der Waals surface area (Å²) in [5.41, 5.74) is 0.408. The largest absolute Gasteiger partial charge is 0.507 e. The number of aromatic hydroxyl groups is 1. The Morgan fingerprint density at radius 2 is 1.72 bits per heavy atom. The number of phenols is 1. The number of carboxylic acid groups (broad SMARTS) is 1. The van der Waals surface area contributed by atoms with Crippen LogP contribution in [0.4, 0.5) is 0 Å². The lowest BCUT2D eigenvalue weighted by Crippen LogP contribution is -2.14. The Balaban J connectivity index is 2.49. The van der Waals surface area contributed by atoms with Crippen molar-refractivity contribution in [2.24, 2.45) is 0 Å². The van der Waals surface area contributed by atoms with Crippen LogP contribution in [0, 0.1) is 20.8 Å². The van der Waals surface area contributed by atoms with Gasteiger partial charge < -0.3 is 29.2 Å².